The first-order chi connectivity index (χ1) is 9.20. The van der Waals surface area contributed by atoms with Crippen molar-refractivity contribution < 1.29 is 8.42 Å². The van der Waals surface area contributed by atoms with Crippen LogP contribution in [0.4, 0.5) is 0 Å². The van der Waals surface area contributed by atoms with Gasteiger partial charge >= 0.3 is 0 Å². The van der Waals surface area contributed by atoms with Gasteiger partial charge in [-0.3, -0.25) is 4.57 Å². The van der Waals surface area contributed by atoms with E-state index in [-0.39, 0.29) is 11.2 Å². The molecule has 2 rings (SSSR count). The molecular weight excluding hydrogens is 323 g/mol. The molecule has 0 unspecified atom stereocenters. The minimum Gasteiger partial charge on any atom is -0.294 e. The highest BCUT2D eigenvalue weighted by Gasteiger charge is 2.24. The van der Waals surface area contributed by atoms with Crippen LogP contribution in [0, 0.1) is 0 Å². The molecule has 6 nitrogen and oxygen atoms in total. The molecule has 0 aliphatic heterocycles. The van der Waals surface area contributed by atoms with Crippen LogP contribution in [0.3, 0.4) is 0 Å². The topological polar surface area (TPSA) is 90.9 Å². The lowest BCUT2D eigenvalue weighted by Crippen LogP contribution is -2.20. The fraction of sp³-hybridized carbons (Fsp3) is 0.273. The predicted octanol–water partition coefficient (Wildman–Crippen LogP) is 2.48. The van der Waals surface area contributed by atoms with E-state index >= 15 is 0 Å². The molecule has 20 heavy (non-hydrogen) atoms. The van der Waals surface area contributed by atoms with E-state index in [0.29, 0.717) is 21.4 Å². The number of hydrogen-bond donors (Lipinski definition) is 1. The molecule has 1 aromatic carbocycles. The molecule has 0 saturated carbocycles. The molecule has 0 aliphatic carbocycles. The lowest BCUT2D eigenvalue weighted by atomic mass is 10.2. The maximum absolute atomic E-state index is 11.5. The SMILES string of the molecule is CC(C)n1c(-c2cc(Cl)cc(Cl)c2)nnc1S(N)(=O)=O. The maximum Gasteiger partial charge on any atom is 0.273 e. The summed E-state index contributed by atoms with van der Waals surface area (Å²) in [6.45, 7) is 3.60. The van der Waals surface area contributed by atoms with Gasteiger partial charge in [0.1, 0.15) is 0 Å². The van der Waals surface area contributed by atoms with Crippen LogP contribution in [-0.2, 0) is 10.0 Å². The number of primary sulfonamides is 1. The minimum absolute atomic E-state index is 0.203. The largest absolute Gasteiger partial charge is 0.294 e. The molecule has 0 bridgehead atoms. The summed E-state index contributed by atoms with van der Waals surface area (Å²) in [7, 11) is -3.96. The Hall–Kier alpha value is -1.15. The van der Waals surface area contributed by atoms with Gasteiger partial charge < -0.3 is 0 Å². The summed E-state index contributed by atoms with van der Waals surface area (Å²) in [6.07, 6.45) is 0. The van der Waals surface area contributed by atoms with Crippen LogP contribution >= 0.6 is 23.2 Å². The second-order valence-corrected chi connectivity index (χ2v) is 6.80. The lowest BCUT2D eigenvalue weighted by Gasteiger charge is -2.13. The number of sulfonamides is 1. The van der Waals surface area contributed by atoms with Crippen LogP contribution in [0.25, 0.3) is 11.4 Å². The first-order valence-electron chi connectivity index (χ1n) is 5.64. The van der Waals surface area contributed by atoms with Gasteiger partial charge in [0, 0.05) is 21.7 Å². The fourth-order valence-corrected chi connectivity index (χ4v) is 3.07. The third-order valence-electron chi connectivity index (χ3n) is 2.56. The molecule has 0 fully saturated rings. The van der Waals surface area contributed by atoms with Crippen molar-refractivity contribution in [1.82, 2.24) is 14.8 Å². The summed E-state index contributed by atoms with van der Waals surface area (Å²) >= 11 is 11.9. The molecule has 2 aromatic rings. The van der Waals surface area contributed by atoms with Crippen molar-refractivity contribution in [3.05, 3.63) is 28.2 Å². The number of nitrogens with zero attached hydrogens (tertiary/aromatic N) is 3. The molecule has 0 atom stereocenters. The van der Waals surface area contributed by atoms with Crippen molar-refractivity contribution >= 4 is 33.2 Å². The van der Waals surface area contributed by atoms with Crippen LogP contribution < -0.4 is 5.14 Å². The molecule has 0 radical (unpaired) electrons. The van der Waals surface area contributed by atoms with Gasteiger partial charge in [-0.25, -0.2) is 13.6 Å². The third-order valence-corrected chi connectivity index (χ3v) is 3.78. The number of aromatic nitrogens is 3. The second-order valence-electron chi connectivity index (χ2n) is 4.47. The Morgan fingerprint density at radius 3 is 2.15 bits per heavy atom. The van der Waals surface area contributed by atoms with E-state index in [0.717, 1.165) is 0 Å². The van der Waals surface area contributed by atoms with Gasteiger partial charge in [-0.15, -0.1) is 10.2 Å². The highest BCUT2D eigenvalue weighted by molar-refractivity contribution is 7.89. The van der Waals surface area contributed by atoms with E-state index in [1.807, 2.05) is 0 Å². The normalized spacial score (nSPS) is 12.1. The third kappa shape index (κ3) is 2.95. The van der Waals surface area contributed by atoms with Crippen molar-refractivity contribution in [3.8, 4) is 11.4 Å². The van der Waals surface area contributed by atoms with Gasteiger partial charge in [-0.1, -0.05) is 23.2 Å². The summed E-state index contributed by atoms with van der Waals surface area (Å²) in [6, 6.07) is 4.63. The van der Waals surface area contributed by atoms with Crippen LogP contribution in [0.15, 0.2) is 23.4 Å². The Balaban J connectivity index is 2.72. The first kappa shape index (κ1) is 15.2. The molecule has 0 saturated heterocycles. The molecule has 1 heterocycles. The standard InChI is InChI=1S/C11H12Cl2N4O2S/c1-6(2)17-10(15-16-11(17)20(14,18)19)7-3-8(12)5-9(13)4-7/h3-6H,1-2H3,(H2,14,18,19). The number of rotatable bonds is 3. The molecule has 2 N–H and O–H groups in total. The number of halogens is 2. The van der Waals surface area contributed by atoms with Gasteiger partial charge in [0.25, 0.3) is 15.2 Å². The quantitative estimate of drug-likeness (QED) is 0.933. The second kappa shape index (κ2) is 5.33. The van der Waals surface area contributed by atoms with Crippen LogP contribution in [0.1, 0.15) is 19.9 Å². The maximum atomic E-state index is 11.5. The Morgan fingerprint density at radius 1 is 1.15 bits per heavy atom. The van der Waals surface area contributed by atoms with Crippen LogP contribution in [0.2, 0.25) is 10.0 Å². The van der Waals surface area contributed by atoms with E-state index in [4.69, 9.17) is 28.3 Å². The average Bonchev–Trinajstić information content (AvgIpc) is 2.71. The summed E-state index contributed by atoms with van der Waals surface area (Å²) in [4.78, 5) is 0. The molecule has 0 aliphatic rings. The van der Waals surface area contributed by atoms with E-state index in [2.05, 4.69) is 10.2 Å². The molecule has 0 spiro atoms. The Bertz CT molecular complexity index is 736. The van der Waals surface area contributed by atoms with Gasteiger partial charge in [0.2, 0.25) is 0 Å². The van der Waals surface area contributed by atoms with Gasteiger partial charge in [-0.05, 0) is 32.0 Å². The molecule has 9 heteroatoms. The summed E-state index contributed by atoms with van der Waals surface area (Å²) in [5.74, 6) is 0.341. The minimum atomic E-state index is -3.96. The molecular formula is C11H12Cl2N4O2S. The fourth-order valence-electron chi connectivity index (χ4n) is 1.82. The number of benzene rings is 1. The van der Waals surface area contributed by atoms with E-state index in [9.17, 15) is 8.42 Å². The number of hydrogen-bond acceptors (Lipinski definition) is 4. The Kier molecular flexibility index (Phi) is 4.06. The smallest absolute Gasteiger partial charge is 0.273 e. The Morgan fingerprint density at radius 2 is 1.70 bits per heavy atom. The highest BCUT2D eigenvalue weighted by Crippen LogP contribution is 2.29. The van der Waals surface area contributed by atoms with Gasteiger partial charge in [0.15, 0.2) is 5.82 Å². The van der Waals surface area contributed by atoms with Crippen molar-refractivity contribution in [2.24, 2.45) is 5.14 Å². The zero-order chi connectivity index (χ0) is 15.1. The summed E-state index contributed by atoms with van der Waals surface area (Å²) in [5, 5.41) is 13.2. The highest BCUT2D eigenvalue weighted by atomic mass is 35.5. The monoisotopic (exact) mass is 334 g/mol. The van der Waals surface area contributed by atoms with Crippen molar-refractivity contribution in [2.75, 3.05) is 0 Å². The molecule has 0 amide bonds. The molecule has 108 valence electrons. The van der Waals surface area contributed by atoms with E-state index in [1.54, 1.807) is 32.0 Å². The predicted molar refractivity (Wildman–Crippen MR) is 77.2 cm³/mol. The zero-order valence-electron chi connectivity index (χ0n) is 10.7. The average molecular weight is 335 g/mol. The van der Waals surface area contributed by atoms with E-state index in [1.165, 1.54) is 4.57 Å². The van der Waals surface area contributed by atoms with Gasteiger partial charge in [0.05, 0.1) is 0 Å². The summed E-state index contributed by atoms with van der Waals surface area (Å²) < 4.78 is 24.5. The Labute approximate surface area is 126 Å². The molecule has 1 aromatic heterocycles. The lowest BCUT2D eigenvalue weighted by molar-refractivity contribution is 0.524. The number of nitrogens with two attached hydrogens (primary N) is 1. The first-order valence-corrected chi connectivity index (χ1v) is 7.94. The van der Waals surface area contributed by atoms with Crippen LogP contribution in [-0.4, -0.2) is 23.2 Å². The van der Waals surface area contributed by atoms with Gasteiger partial charge in [-0.2, -0.15) is 0 Å². The van der Waals surface area contributed by atoms with E-state index < -0.39 is 10.0 Å². The van der Waals surface area contributed by atoms with Crippen molar-refractivity contribution in [2.45, 2.75) is 25.0 Å². The zero-order valence-corrected chi connectivity index (χ0v) is 13.0. The van der Waals surface area contributed by atoms with Crippen molar-refractivity contribution in [3.63, 3.8) is 0 Å². The summed E-state index contributed by atoms with van der Waals surface area (Å²) in [5.41, 5.74) is 0.568. The van der Waals surface area contributed by atoms with Crippen molar-refractivity contribution in [1.29, 1.82) is 0 Å². The van der Waals surface area contributed by atoms with Crippen LogP contribution in [0.5, 0.6) is 0 Å².